The lowest BCUT2D eigenvalue weighted by molar-refractivity contribution is 0.0601. The quantitative estimate of drug-likeness (QED) is 0.456. The number of anilines is 2. The average Bonchev–Trinajstić information content (AvgIpc) is 2.97. The zero-order valence-corrected chi connectivity index (χ0v) is 16.7. The van der Waals surface area contributed by atoms with Gasteiger partial charge in [-0.3, -0.25) is 0 Å². The van der Waals surface area contributed by atoms with Crippen LogP contribution in [0.1, 0.15) is 26.4 Å². The van der Waals surface area contributed by atoms with Crippen molar-refractivity contribution in [3.8, 4) is 0 Å². The fourth-order valence-corrected chi connectivity index (χ4v) is 4.25. The Morgan fingerprint density at radius 3 is 2.30 bits per heavy atom. The van der Waals surface area contributed by atoms with Crippen LogP contribution in [0.3, 0.4) is 0 Å². The molecule has 3 aromatic rings. The molecule has 4 nitrogen and oxygen atoms in total. The topological polar surface area (TPSA) is 50.4 Å². The van der Waals surface area contributed by atoms with Crippen LogP contribution < -0.4 is 10.6 Å². The van der Waals surface area contributed by atoms with Crippen molar-refractivity contribution < 1.29 is 9.53 Å². The summed E-state index contributed by atoms with van der Waals surface area (Å²) in [5, 5.41) is 7.41. The number of hydrogen-bond acceptors (Lipinski definition) is 4. The first kappa shape index (κ1) is 19.1. The fraction of sp³-hybridized carbons (Fsp3) is 0.143. The molecule has 0 aliphatic heterocycles. The van der Waals surface area contributed by atoms with Crippen LogP contribution in [-0.2, 0) is 11.2 Å². The Morgan fingerprint density at radius 1 is 1.04 bits per heavy atom. The summed E-state index contributed by atoms with van der Waals surface area (Å²) in [5.41, 5.74) is 3.52. The van der Waals surface area contributed by atoms with Crippen molar-refractivity contribution in [1.82, 2.24) is 0 Å². The molecule has 1 heterocycles. The smallest absolute Gasteiger partial charge is 0.341 e. The molecule has 1 aromatic heterocycles. The molecular weight excluding hydrogens is 376 g/mol. The highest BCUT2D eigenvalue weighted by molar-refractivity contribution is 7.80. The minimum atomic E-state index is -0.368. The molecule has 0 spiro atoms. The van der Waals surface area contributed by atoms with Gasteiger partial charge in [0, 0.05) is 17.0 Å². The molecule has 0 bridgehead atoms. The molecule has 3 rings (SSSR count). The lowest BCUT2D eigenvalue weighted by atomic mass is 10.1. The first-order valence-corrected chi connectivity index (χ1v) is 9.68. The fourth-order valence-electron chi connectivity index (χ4n) is 2.73. The van der Waals surface area contributed by atoms with Gasteiger partial charge in [0.25, 0.3) is 0 Å². The highest BCUT2D eigenvalue weighted by atomic mass is 32.1. The molecule has 138 valence electrons. The van der Waals surface area contributed by atoms with Crippen LogP contribution in [0.15, 0.2) is 60.7 Å². The van der Waals surface area contributed by atoms with E-state index in [1.54, 1.807) is 0 Å². The van der Waals surface area contributed by atoms with Crippen LogP contribution in [0.5, 0.6) is 0 Å². The molecule has 0 saturated heterocycles. The van der Waals surface area contributed by atoms with E-state index in [2.05, 4.69) is 22.8 Å². The lowest BCUT2D eigenvalue weighted by Crippen LogP contribution is -2.20. The number of esters is 1. The van der Waals surface area contributed by atoms with Crippen LogP contribution in [0.2, 0.25) is 0 Å². The lowest BCUT2D eigenvalue weighted by Gasteiger charge is -2.10. The first-order chi connectivity index (χ1) is 13.1. The molecule has 0 amide bonds. The van der Waals surface area contributed by atoms with E-state index in [0.29, 0.717) is 15.7 Å². The predicted octanol–water partition coefficient (Wildman–Crippen LogP) is 5.24. The van der Waals surface area contributed by atoms with Crippen LogP contribution in [-0.4, -0.2) is 18.2 Å². The molecule has 0 atom stereocenters. The number of methoxy groups -OCH3 is 1. The molecule has 6 heteroatoms. The number of carbonyl (C=O) groups excluding carboxylic acids is 1. The number of rotatable bonds is 5. The number of thiophene rings is 1. The number of ether oxygens (including phenoxy) is 1. The van der Waals surface area contributed by atoms with E-state index in [9.17, 15) is 4.79 Å². The average molecular weight is 397 g/mol. The third-order valence-electron chi connectivity index (χ3n) is 4.10. The molecule has 2 N–H and O–H groups in total. The summed E-state index contributed by atoms with van der Waals surface area (Å²) in [6.07, 6.45) is 0.752. The SMILES string of the molecule is COC(=O)c1c(NC(=S)Nc2ccccc2)sc(Cc2ccccc2)c1C. The molecule has 0 saturated carbocycles. The number of para-hydroxylation sites is 1. The Bertz CT molecular complexity index is 938. The molecule has 27 heavy (non-hydrogen) atoms. The highest BCUT2D eigenvalue weighted by Crippen LogP contribution is 2.35. The standard InChI is InChI=1S/C21H20N2O2S2/c1-14-17(13-15-9-5-3-6-10-15)27-19(18(14)20(24)25-2)23-21(26)22-16-11-7-4-8-12-16/h3-12H,13H2,1-2H3,(H2,22,23,26). The van der Waals surface area contributed by atoms with Crippen molar-refractivity contribution in [2.24, 2.45) is 0 Å². The molecule has 0 fully saturated rings. The van der Waals surface area contributed by atoms with Gasteiger partial charge in [-0.25, -0.2) is 4.79 Å². The van der Waals surface area contributed by atoms with Gasteiger partial charge in [-0.2, -0.15) is 0 Å². The second-order valence-electron chi connectivity index (χ2n) is 5.95. The third kappa shape index (κ3) is 4.72. The van der Waals surface area contributed by atoms with E-state index in [1.165, 1.54) is 24.0 Å². The molecule has 0 unspecified atom stereocenters. The molecule has 0 aliphatic carbocycles. The van der Waals surface area contributed by atoms with Crippen molar-refractivity contribution in [3.63, 3.8) is 0 Å². The van der Waals surface area contributed by atoms with E-state index in [-0.39, 0.29) is 5.97 Å². The minimum Gasteiger partial charge on any atom is -0.465 e. The minimum absolute atomic E-state index is 0.368. The summed E-state index contributed by atoms with van der Waals surface area (Å²) in [6, 6.07) is 19.8. The highest BCUT2D eigenvalue weighted by Gasteiger charge is 2.22. The Labute approximate surface area is 168 Å². The van der Waals surface area contributed by atoms with Crippen molar-refractivity contribution >= 4 is 45.3 Å². The maximum absolute atomic E-state index is 12.3. The van der Waals surface area contributed by atoms with Crippen molar-refractivity contribution in [2.45, 2.75) is 13.3 Å². The summed E-state index contributed by atoms with van der Waals surface area (Å²) in [7, 11) is 1.39. The summed E-state index contributed by atoms with van der Waals surface area (Å²) in [6.45, 7) is 1.94. The van der Waals surface area contributed by atoms with Gasteiger partial charge in [-0.1, -0.05) is 48.5 Å². The van der Waals surface area contributed by atoms with E-state index < -0.39 is 0 Å². The van der Waals surface area contributed by atoms with Crippen molar-refractivity contribution in [1.29, 1.82) is 0 Å². The van der Waals surface area contributed by atoms with Crippen LogP contribution in [0.25, 0.3) is 0 Å². The van der Waals surface area contributed by atoms with Crippen molar-refractivity contribution in [2.75, 3.05) is 17.7 Å². The Morgan fingerprint density at radius 2 is 1.67 bits per heavy atom. The molecular formula is C21H20N2O2S2. The largest absolute Gasteiger partial charge is 0.465 e. The molecule has 2 aromatic carbocycles. The Kier molecular flexibility index (Phi) is 6.21. The van der Waals surface area contributed by atoms with Gasteiger partial charge >= 0.3 is 5.97 Å². The predicted molar refractivity (Wildman–Crippen MR) is 116 cm³/mol. The van der Waals surface area contributed by atoms with E-state index in [4.69, 9.17) is 17.0 Å². The maximum atomic E-state index is 12.3. The number of carbonyl (C=O) groups is 1. The maximum Gasteiger partial charge on any atom is 0.341 e. The zero-order valence-electron chi connectivity index (χ0n) is 15.1. The van der Waals surface area contributed by atoms with Gasteiger partial charge in [0.05, 0.1) is 12.7 Å². The summed E-state index contributed by atoms with van der Waals surface area (Å²) in [4.78, 5) is 13.4. The van der Waals surface area contributed by atoms with E-state index >= 15 is 0 Å². The third-order valence-corrected chi connectivity index (χ3v) is 5.51. The number of benzene rings is 2. The first-order valence-electron chi connectivity index (χ1n) is 8.46. The zero-order chi connectivity index (χ0) is 19.2. The summed E-state index contributed by atoms with van der Waals surface area (Å²) >= 11 is 6.94. The van der Waals surface area contributed by atoms with Crippen LogP contribution in [0, 0.1) is 6.92 Å². The monoisotopic (exact) mass is 396 g/mol. The Hall–Kier alpha value is -2.70. The van der Waals surface area contributed by atoms with Crippen molar-refractivity contribution in [3.05, 3.63) is 82.2 Å². The van der Waals surface area contributed by atoms with Crippen LogP contribution in [0.4, 0.5) is 10.7 Å². The normalized spacial score (nSPS) is 10.3. The van der Waals surface area contributed by atoms with Gasteiger partial charge in [0.1, 0.15) is 5.00 Å². The van der Waals surface area contributed by atoms with E-state index in [1.807, 2.05) is 55.5 Å². The number of hydrogen-bond donors (Lipinski definition) is 2. The van der Waals surface area contributed by atoms with Crippen LogP contribution >= 0.6 is 23.6 Å². The summed E-state index contributed by atoms with van der Waals surface area (Å²) in [5.74, 6) is -0.368. The van der Waals surface area contributed by atoms with Gasteiger partial charge in [0.2, 0.25) is 0 Å². The summed E-state index contributed by atoms with van der Waals surface area (Å²) < 4.78 is 4.99. The number of thiocarbonyl (C=S) groups is 1. The second-order valence-corrected chi connectivity index (χ2v) is 7.47. The molecule has 0 radical (unpaired) electrons. The Balaban J connectivity index is 1.85. The van der Waals surface area contributed by atoms with E-state index in [0.717, 1.165) is 22.5 Å². The van der Waals surface area contributed by atoms with Gasteiger partial charge < -0.3 is 15.4 Å². The number of nitrogens with one attached hydrogen (secondary N) is 2. The molecule has 0 aliphatic rings. The van der Waals surface area contributed by atoms with Gasteiger partial charge in [0.15, 0.2) is 5.11 Å². The van der Waals surface area contributed by atoms with Gasteiger partial charge in [-0.05, 0) is 42.4 Å². The van der Waals surface area contributed by atoms with Gasteiger partial charge in [-0.15, -0.1) is 11.3 Å². The second kappa shape index (κ2) is 8.79.